The number of aryl methyl sites for hydroxylation is 1. The second-order valence-corrected chi connectivity index (χ2v) is 5.13. The summed E-state index contributed by atoms with van der Waals surface area (Å²) < 4.78 is 4.64. The van der Waals surface area contributed by atoms with Crippen molar-refractivity contribution < 1.29 is 9.85 Å². The second kappa shape index (κ2) is 4.67. The second-order valence-electron chi connectivity index (χ2n) is 3.51. The average molecular weight is 312 g/mol. The maximum absolute atomic E-state index is 10.9. The zero-order chi connectivity index (χ0) is 13.3. The summed E-state index contributed by atoms with van der Waals surface area (Å²) in [7, 11) is 0. The number of hydrogen-bond acceptors (Lipinski definition) is 5. The number of non-ortho nitro benzene ring substituents is 1. The summed E-state index contributed by atoms with van der Waals surface area (Å²) in [5.41, 5.74) is 1.01. The Morgan fingerprint density at radius 1 is 1.11 bits per heavy atom. The normalized spacial score (nSPS) is 10.3. The third kappa shape index (κ3) is 2.15. The predicted octanol–water partition coefficient (Wildman–Crippen LogP) is 1.93. The fraction of sp³-hybridized carbons (Fsp3) is 0.100. The van der Waals surface area contributed by atoms with Crippen LogP contribution in [0.1, 0.15) is 5.69 Å². The van der Waals surface area contributed by atoms with Crippen LogP contribution >= 0.6 is 0 Å². The van der Waals surface area contributed by atoms with Gasteiger partial charge in [-0.15, -0.1) is 0 Å². The molecule has 0 radical (unpaired) electrons. The van der Waals surface area contributed by atoms with Gasteiger partial charge in [0, 0.05) is 0 Å². The van der Waals surface area contributed by atoms with Crippen molar-refractivity contribution in [2.24, 2.45) is 0 Å². The van der Waals surface area contributed by atoms with Crippen molar-refractivity contribution in [1.82, 2.24) is 3.98 Å². The number of nitrogens with zero attached hydrogens (tertiary/aromatic N) is 3. The minimum absolute atomic E-state index is 0.0175. The third-order valence-corrected chi connectivity index (χ3v) is 4.40. The van der Waals surface area contributed by atoms with Crippen molar-refractivity contribution in [2.75, 3.05) is 0 Å². The minimum atomic E-state index is -0.506. The van der Waals surface area contributed by atoms with Gasteiger partial charge in [0.2, 0.25) is 0 Å². The average Bonchev–Trinajstić information content (AvgIpc) is 2.71. The van der Waals surface area contributed by atoms with Gasteiger partial charge in [0.1, 0.15) is 0 Å². The van der Waals surface area contributed by atoms with Crippen LogP contribution in [0, 0.1) is 27.2 Å². The molecule has 2 rings (SSSR count). The van der Waals surface area contributed by atoms with Gasteiger partial charge in [0.05, 0.1) is 0 Å². The molecule has 7 nitrogen and oxygen atoms in total. The maximum atomic E-state index is 10.9. The van der Waals surface area contributed by atoms with Crippen molar-refractivity contribution in [3.05, 3.63) is 50.2 Å². The van der Waals surface area contributed by atoms with Gasteiger partial charge in [-0.3, -0.25) is 0 Å². The fourth-order valence-corrected chi connectivity index (χ4v) is 3.32. The van der Waals surface area contributed by atoms with E-state index in [9.17, 15) is 20.2 Å². The number of aromatic nitrogens is 1. The van der Waals surface area contributed by atoms with Crippen LogP contribution < -0.4 is 0 Å². The summed E-state index contributed by atoms with van der Waals surface area (Å²) in [6.07, 6.45) is 0. The first-order valence-corrected chi connectivity index (χ1v) is 6.48. The first-order chi connectivity index (χ1) is 8.50. The molecule has 1 aromatic heterocycles. The van der Waals surface area contributed by atoms with Crippen LogP contribution in [0.15, 0.2) is 24.3 Å². The molecule has 0 spiro atoms. The summed E-state index contributed by atoms with van der Waals surface area (Å²) >= 11 is -0.345. The molecule has 0 amide bonds. The molecule has 0 unspecified atom stereocenters. The van der Waals surface area contributed by atoms with Crippen molar-refractivity contribution in [1.29, 1.82) is 0 Å². The van der Waals surface area contributed by atoms with Crippen LogP contribution in [0.25, 0.3) is 10.0 Å². The van der Waals surface area contributed by atoms with Gasteiger partial charge in [-0.25, -0.2) is 0 Å². The molecule has 2 aromatic rings. The van der Waals surface area contributed by atoms with E-state index in [1.165, 1.54) is 24.3 Å². The Balaban J connectivity index is 2.49. The van der Waals surface area contributed by atoms with Gasteiger partial charge in [-0.2, -0.15) is 0 Å². The number of nitro groups is 2. The van der Waals surface area contributed by atoms with E-state index in [0.29, 0.717) is 15.7 Å². The molecule has 0 atom stereocenters. The van der Waals surface area contributed by atoms with Gasteiger partial charge in [-0.1, -0.05) is 0 Å². The number of rotatable bonds is 3. The fourth-order valence-electron chi connectivity index (χ4n) is 1.50. The molecule has 1 heterocycles. The van der Waals surface area contributed by atoms with Crippen molar-refractivity contribution >= 4 is 26.1 Å². The molecule has 0 bridgehead atoms. The Hall–Kier alpha value is -2.05. The van der Waals surface area contributed by atoms with E-state index < -0.39 is 9.85 Å². The van der Waals surface area contributed by atoms with Crippen molar-refractivity contribution in [3.8, 4) is 10.0 Å². The van der Waals surface area contributed by atoms with E-state index in [-0.39, 0.29) is 26.1 Å². The van der Waals surface area contributed by atoms with Crippen LogP contribution in [0.4, 0.5) is 11.4 Å². The van der Waals surface area contributed by atoms with Crippen molar-refractivity contribution in [2.45, 2.75) is 6.92 Å². The molecular weight excluding hydrogens is 305 g/mol. The molecule has 18 heavy (non-hydrogen) atoms. The molecule has 92 valence electrons. The van der Waals surface area contributed by atoms with Crippen LogP contribution in [-0.4, -0.2) is 28.6 Å². The van der Waals surface area contributed by atoms with E-state index in [4.69, 9.17) is 0 Å². The van der Waals surface area contributed by atoms with Crippen LogP contribution in [-0.2, 0) is 0 Å². The van der Waals surface area contributed by atoms with Gasteiger partial charge in [0.15, 0.2) is 0 Å². The molecule has 0 aliphatic carbocycles. The Labute approximate surface area is 107 Å². The molecule has 0 saturated carbocycles. The Morgan fingerprint density at radius 2 is 1.72 bits per heavy atom. The van der Waals surface area contributed by atoms with Crippen LogP contribution in [0.2, 0.25) is 0 Å². The monoisotopic (exact) mass is 313 g/mol. The van der Waals surface area contributed by atoms with Crippen molar-refractivity contribution in [3.63, 3.8) is 0 Å². The molecular formula is C10H7N3O4Se. The number of hydrogen-bond donors (Lipinski definition) is 0. The quantitative estimate of drug-likeness (QED) is 0.490. The molecule has 0 N–H and O–H groups in total. The molecule has 8 heteroatoms. The van der Waals surface area contributed by atoms with Gasteiger partial charge in [-0.05, 0) is 0 Å². The Morgan fingerprint density at radius 3 is 2.22 bits per heavy atom. The third-order valence-electron chi connectivity index (χ3n) is 2.35. The summed E-state index contributed by atoms with van der Waals surface area (Å²) in [5, 5.41) is 21.5. The SMILES string of the molecule is Cc1n[se]c(-c2ccc([N+](=O)[O-])cc2)c1[N+](=O)[O-]. The van der Waals surface area contributed by atoms with Gasteiger partial charge < -0.3 is 0 Å². The van der Waals surface area contributed by atoms with E-state index in [1.54, 1.807) is 6.92 Å². The summed E-state index contributed by atoms with van der Waals surface area (Å²) in [4.78, 5) is 20.5. The zero-order valence-electron chi connectivity index (χ0n) is 9.19. The van der Waals surface area contributed by atoms with E-state index in [0.717, 1.165) is 0 Å². The Kier molecular flexibility index (Phi) is 3.22. The molecule has 1 aromatic carbocycles. The summed E-state index contributed by atoms with van der Waals surface area (Å²) in [5.74, 6) is 0. The Bertz CT molecular complexity index is 621. The van der Waals surface area contributed by atoms with E-state index in [2.05, 4.69) is 3.98 Å². The van der Waals surface area contributed by atoms with E-state index >= 15 is 0 Å². The van der Waals surface area contributed by atoms with Crippen LogP contribution in [0.3, 0.4) is 0 Å². The summed E-state index contributed by atoms with van der Waals surface area (Å²) in [6.45, 7) is 1.60. The van der Waals surface area contributed by atoms with Gasteiger partial charge in [0.25, 0.3) is 0 Å². The van der Waals surface area contributed by atoms with E-state index in [1.807, 2.05) is 0 Å². The number of nitro benzene ring substituents is 1. The molecule has 0 aliphatic rings. The first kappa shape index (κ1) is 12.4. The topological polar surface area (TPSA) is 99.2 Å². The first-order valence-electron chi connectivity index (χ1n) is 4.86. The van der Waals surface area contributed by atoms with Crippen LogP contribution in [0.5, 0.6) is 0 Å². The zero-order valence-corrected chi connectivity index (χ0v) is 10.9. The standard InChI is InChI=1S/C10H7N3O4Se/c1-6-9(13(16)17)10(18-11-6)7-2-4-8(5-3-7)12(14)15/h2-5H,1H3. The number of benzene rings is 1. The van der Waals surface area contributed by atoms with Gasteiger partial charge >= 0.3 is 107 Å². The molecule has 0 aliphatic heterocycles. The summed E-state index contributed by atoms with van der Waals surface area (Å²) in [6, 6.07) is 5.72. The molecule has 0 fully saturated rings. The predicted molar refractivity (Wildman–Crippen MR) is 64.7 cm³/mol. The molecule has 0 saturated heterocycles.